The fourth-order valence-electron chi connectivity index (χ4n) is 4.21. The molecule has 3 rings (SSSR count). The van der Waals surface area contributed by atoms with Gasteiger partial charge < -0.3 is 5.11 Å². The average molecular weight is 233 g/mol. The molecule has 0 amide bonds. The minimum Gasteiger partial charge on any atom is -0.388 e. The first-order chi connectivity index (χ1) is 7.95. The Morgan fingerprint density at radius 2 is 2.18 bits per heavy atom. The summed E-state index contributed by atoms with van der Waals surface area (Å²) in [6.45, 7) is 6.44. The zero-order valence-electron chi connectivity index (χ0n) is 11.2. The highest BCUT2D eigenvalue weighted by molar-refractivity contribution is 5.71. The van der Waals surface area contributed by atoms with Gasteiger partial charge in [-0.15, -0.1) is 0 Å². The third-order valence-corrected chi connectivity index (χ3v) is 5.36. The maximum atomic E-state index is 10.5. The Balaban J connectivity index is 2.02. The number of hydrogen-bond donors (Lipinski definition) is 1. The monoisotopic (exact) mass is 233 g/mol. The van der Waals surface area contributed by atoms with Crippen molar-refractivity contribution in [3.8, 4) is 0 Å². The Hall–Kier alpha value is -0.630. The summed E-state index contributed by atoms with van der Waals surface area (Å²) in [6, 6.07) is 0.143. The van der Waals surface area contributed by atoms with E-state index in [0.29, 0.717) is 5.92 Å². The maximum Gasteiger partial charge on any atom is 0.0842 e. The van der Waals surface area contributed by atoms with Gasteiger partial charge in [-0.1, -0.05) is 11.1 Å². The van der Waals surface area contributed by atoms with E-state index in [9.17, 15) is 5.11 Å². The molecule has 2 heteroatoms. The van der Waals surface area contributed by atoms with Gasteiger partial charge in [-0.3, -0.25) is 4.99 Å². The largest absolute Gasteiger partial charge is 0.388 e. The number of rotatable bonds is 0. The number of allylic oxidation sites excluding steroid dienone is 2. The summed E-state index contributed by atoms with van der Waals surface area (Å²) in [5.74, 6) is 0.648. The predicted octanol–water partition coefficient (Wildman–Crippen LogP) is 3.11. The highest BCUT2D eigenvalue weighted by atomic mass is 16.3. The molecule has 2 aliphatic carbocycles. The molecule has 0 aromatic carbocycles. The van der Waals surface area contributed by atoms with Crippen LogP contribution >= 0.6 is 0 Å². The molecule has 2 bridgehead atoms. The zero-order valence-corrected chi connectivity index (χ0v) is 11.2. The lowest BCUT2D eigenvalue weighted by Gasteiger charge is -2.28. The Morgan fingerprint density at radius 1 is 1.41 bits per heavy atom. The van der Waals surface area contributed by atoms with Crippen LogP contribution in [0.25, 0.3) is 0 Å². The van der Waals surface area contributed by atoms with E-state index in [2.05, 4.69) is 25.1 Å². The molecule has 2 saturated carbocycles. The van der Waals surface area contributed by atoms with Gasteiger partial charge in [-0.2, -0.15) is 0 Å². The third kappa shape index (κ3) is 1.53. The topological polar surface area (TPSA) is 32.6 Å². The second kappa shape index (κ2) is 3.44. The second-order valence-electron chi connectivity index (χ2n) is 6.70. The molecule has 1 N–H and O–H groups in total. The molecular formula is C15H23NO. The van der Waals surface area contributed by atoms with Gasteiger partial charge in [0.2, 0.25) is 0 Å². The van der Waals surface area contributed by atoms with E-state index in [4.69, 9.17) is 0 Å². The summed E-state index contributed by atoms with van der Waals surface area (Å²) >= 11 is 0. The molecule has 0 aromatic heterocycles. The van der Waals surface area contributed by atoms with Crippen molar-refractivity contribution >= 4 is 6.21 Å². The lowest BCUT2D eigenvalue weighted by atomic mass is 9.74. The summed E-state index contributed by atoms with van der Waals surface area (Å²) in [4.78, 5) is 4.64. The summed E-state index contributed by atoms with van der Waals surface area (Å²) in [6.07, 6.45) is 7.80. The van der Waals surface area contributed by atoms with Crippen LogP contribution in [0.5, 0.6) is 0 Å². The molecular weight excluding hydrogens is 210 g/mol. The Labute approximate surface area is 104 Å². The van der Waals surface area contributed by atoms with Crippen molar-refractivity contribution in [3.05, 3.63) is 11.1 Å². The van der Waals surface area contributed by atoms with E-state index < -0.39 is 5.60 Å². The Kier molecular flexibility index (Phi) is 2.32. The highest BCUT2D eigenvalue weighted by Crippen LogP contribution is 2.57. The predicted molar refractivity (Wildman–Crippen MR) is 70.3 cm³/mol. The molecule has 1 aliphatic heterocycles. The van der Waals surface area contributed by atoms with Crippen molar-refractivity contribution < 1.29 is 5.11 Å². The standard InChI is InChI=1S/C15H23NO/c1-10(2)11-4-7-15-8-13(16-9-15)14(3,17)6-5-12(11)15/h9,12-13,17H,4-8H2,1-3H3/t12-,13+,14+,15+/m0/s1. The molecule has 1 spiro atoms. The van der Waals surface area contributed by atoms with Gasteiger partial charge in [0.15, 0.2) is 0 Å². The zero-order chi connectivity index (χ0) is 12.3. The van der Waals surface area contributed by atoms with Gasteiger partial charge in [-0.05, 0) is 58.8 Å². The van der Waals surface area contributed by atoms with Gasteiger partial charge in [0.25, 0.3) is 0 Å². The van der Waals surface area contributed by atoms with Crippen LogP contribution in [0.4, 0.5) is 0 Å². The minimum atomic E-state index is -0.586. The summed E-state index contributed by atoms with van der Waals surface area (Å²) in [5.41, 5.74) is 2.84. The Morgan fingerprint density at radius 3 is 2.88 bits per heavy atom. The molecule has 17 heavy (non-hydrogen) atoms. The number of aliphatic imine (C=N–C) groups is 1. The summed E-state index contributed by atoms with van der Waals surface area (Å²) in [5, 5.41) is 10.5. The first-order valence-electron chi connectivity index (χ1n) is 6.88. The molecule has 0 aromatic rings. The van der Waals surface area contributed by atoms with E-state index in [0.717, 1.165) is 19.3 Å². The van der Waals surface area contributed by atoms with E-state index >= 15 is 0 Å². The smallest absolute Gasteiger partial charge is 0.0842 e. The Bertz CT molecular complexity index is 403. The maximum absolute atomic E-state index is 10.5. The molecule has 0 radical (unpaired) electrons. The number of nitrogens with zero attached hydrogens (tertiary/aromatic N) is 1. The first kappa shape index (κ1) is 11.5. The van der Waals surface area contributed by atoms with Crippen molar-refractivity contribution in [1.82, 2.24) is 0 Å². The lowest BCUT2D eigenvalue weighted by molar-refractivity contribution is 0.0269. The third-order valence-electron chi connectivity index (χ3n) is 5.36. The van der Waals surface area contributed by atoms with Crippen LogP contribution in [0.3, 0.4) is 0 Å². The van der Waals surface area contributed by atoms with Crippen molar-refractivity contribution in [1.29, 1.82) is 0 Å². The van der Waals surface area contributed by atoms with Crippen LogP contribution in [0.15, 0.2) is 16.1 Å². The average Bonchev–Trinajstić information content (AvgIpc) is 2.79. The normalized spacial score (nSPS) is 48.1. The molecule has 0 unspecified atom stereocenters. The molecule has 4 atom stereocenters. The van der Waals surface area contributed by atoms with Crippen LogP contribution < -0.4 is 0 Å². The van der Waals surface area contributed by atoms with E-state index in [1.165, 1.54) is 18.4 Å². The minimum absolute atomic E-state index is 0.143. The molecule has 2 nitrogen and oxygen atoms in total. The number of aliphatic hydroxyl groups is 1. The van der Waals surface area contributed by atoms with Crippen LogP contribution in [0.2, 0.25) is 0 Å². The first-order valence-corrected chi connectivity index (χ1v) is 6.88. The fraction of sp³-hybridized carbons (Fsp3) is 0.800. The van der Waals surface area contributed by atoms with Crippen molar-refractivity contribution in [3.63, 3.8) is 0 Å². The van der Waals surface area contributed by atoms with Crippen LogP contribution in [0, 0.1) is 11.3 Å². The quantitative estimate of drug-likeness (QED) is 0.641. The van der Waals surface area contributed by atoms with E-state index in [1.807, 2.05) is 6.92 Å². The number of hydrogen-bond acceptors (Lipinski definition) is 2. The highest BCUT2D eigenvalue weighted by Gasteiger charge is 2.54. The molecule has 94 valence electrons. The van der Waals surface area contributed by atoms with Crippen LogP contribution in [-0.2, 0) is 0 Å². The van der Waals surface area contributed by atoms with Crippen molar-refractivity contribution in [2.75, 3.05) is 0 Å². The van der Waals surface area contributed by atoms with Gasteiger partial charge in [0.1, 0.15) is 0 Å². The van der Waals surface area contributed by atoms with Gasteiger partial charge in [0, 0.05) is 11.6 Å². The molecule has 3 aliphatic rings. The van der Waals surface area contributed by atoms with E-state index in [1.54, 1.807) is 5.57 Å². The van der Waals surface area contributed by atoms with E-state index in [-0.39, 0.29) is 11.5 Å². The fourth-order valence-corrected chi connectivity index (χ4v) is 4.21. The molecule has 0 saturated heterocycles. The second-order valence-corrected chi connectivity index (χ2v) is 6.70. The molecule has 1 heterocycles. The SMILES string of the molecule is CC(C)=C1CC[C@]23C=N[C@H](C2)[C@](C)(O)CC[C@@H]13. The van der Waals surface area contributed by atoms with Crippen LogP contribution in [-0.4, -0.2) is 23.0 Å². The summed E-state index contributed by atoms with van der Waals surface area (Å²) in [7, 11) is 0. The molecule has 2 fully saturated rings. The van der Waals surface area contributed by atoms with Crippen molar-refractivity contribution in [2.45, 2.75) is 64.5 Å². The van der Waals surface area contributed by atoms with Gasteiger partial charge >= 0.3 is 0 Å². The summed E-state index contributed by atoms with van der Waals surface area (Å²) < 4.78 is 0. The van der Waals surface area contributed by atoms with Gasteiger partial charge in [-0.25, -0.2) is 0 Å². The van der Waals surface area contributed by atoms with Gasteiger partial charge in [0.05, 0.1) is 11.6 Å². The lowest BCUT2D eigenvalue weighted by Crippen LogP contribution is -2.36. The van der Waals surface area contributed by atoms with Crippen LogP contribution in [0.1, 0.15) is 52.9 Å². The number of fused-ring (bicyclic) bond motifs is 1. The van der Waals surface area contributed by atoms with Crippen molar-refractivity contribution in [2.24, 2.45) is 16.3 Å².